The van der Waals surface area contributed by atoms with Crippen molar-refractivity contribution in [3.8, 4) is 0 Å². The average Bonchev–Trinajstić information content (AvgIpc) is 2.65. The predicted octanol–water partition coefficient (Wildman–Crippen LogP) is 5.51. The van der Waals surface area contributed by atoms with E-state index in [-0.39, 0.29) is 5.54 Å². The van der Waals surface area contributed by atoms with Crippen LogP contribution in [0.3, 0.4) is 0 Å². The van der Waals surface area contributed by atoms with Crippen LogP contribution in [0, 0.1) is 0 Å². The Bertz CT molecular complexity index is 280. The third-order valence-corrected chi connectivity index (χ3v) is 4.75. The first kappa shape index (κ1) is 18.9. The lowest BCUT2D eigenvalue weighted by Gasteiger charge is -2.34. The molecule has 0 aliphatic carbocycles. The van der Waals surface area contributed by atoms with Crippen LogP contribution in [0.1, 0.15) is 98.3 Å². The first-order valence-corrected chi connectivity index (χ1v) is 9.05. The monoisotopic (exact) mass is 299 g/mol. The second-order valence-corrected chi connectivity index (χ2v) is 7.52. The fourth-order valence-electron chi connectivity index (χ4n) is 3.21. The summed E-state index contributed by atoms with van der Waals surface area (Å²) in [6.07, 6.45) is 14.3. The number of ether oxygens (including phenoxy) is 1. The molecule has 0 aromatic carbocycles. The van der Waals surface area contributed by atoms with Crippen LogP contribution in [0.4, 0.5) is 0 Å². The molecule has 1 heterocycles. The molecule has 21 heavy (non-hydrogen) atoms. The van der Waals surface area contributed by atoms with Crippen molar-refractivity contribution in [1.82, 2.24) is 5.06 Å². The van der Waals surface area contributed by atoms with Gasteiger partial charge in [0, 0.05) is 0 Å². The average molecular weight is 299 g/mol. The van der Waals surface area contributed by atoms with Crippen LogP contribution in [0.25, 0.3) is 0 Å². The lowest BCUT2D eigenvalue weighted by atomic mass is 10.0. The maximum atomic E-state index is 10.2. The van der Waals surface area contributed by atoms with Crippen LogP contribution in [0.5, 0.6) is 0 Å². The Morgan fingerprint density at radius 3 is 1.76 bits per heavy atom. The fourth-order valence-corrected chi connectivity index (χ4v) is 3.21. The van der Waals surface area contributed by atoms with Gasteiger partial charge in [-0.05, 0) is 33.6 Å². The summed E-state index contributed by atoms with van der Waals surface area (Å²) in [6, 6.07) is 0. The number of hydrogen-bond acceptors (Lipinski definition) is 3. The van der Waals surface area contributed by atoms with Crippen LogP contribution in [0.2, 0.25) is 0 Å². The van der Waals surface area contributed by atoms with E-state index in [1.807, 2.05) is 20.8 Å². The smallest absolute Gasteiger partial charge is 0.141 e. The number of hydrogen-bond donors (Lipinski definition) is 1. The first-order chi connectivity index (χ1) is 9.92. The fraction of sp³-hybridized carbons (Fsp3) is 1.00. The van der Waals surface area contributed by atoms with E-state index in [1.54, 1.807) is 0 Å². The lowest BCUT2D eigenvalue weighted by Crippen LogP contribution is -2.48. The second-order valence-electron chi connectivity index (χ2n) is 7.52. The van der Waals surface area contributed by atoms with Gasteiger partial charge in [-0.3, -0.25) is 0 Å². The molecule has 0 aromatic heterocycles. The summed E-state index contributed by atoms with van der Waals surface area (Å²) in [4.78, 5) is 0. The maximum absolute atomic E-state index is 10.2. The van der Waals surface area contributed by atoms with E-state index in [0.717, 1.165) is 12.8 Å². The van der Waals surface area contributed by atoms with E-state index in [1.165, 1.54) is 62.9 Å². The van der Waals surface area contributed by atoms with Gasteiger partial charge in [0.05, 0.1) is 12.1 Å². The van der Waals surface area contributed by atoms with E-state index in [4.69, 9.17) is 4.74 Å². The van der Waals surface area contributed by atoms with E-state index < -0.39 is 5.72 Å². The van der Waals surface area contributed by atoms with E-state index in [0.29, 0.717) is 6.61 Å². The van der Waals surface area contributed by atoms with Crippen LogP contribution < -0.4 is 0 Å². The molecule has 1 fully saturated rings. The van der Waals surface area contributed by atoms with Crippen molar-refractivity contribution in [2.75, 3.05) is 6.61 Å². The van der Waals surface area contributed by atoms with Crippen molar-refractivity contribution in [1.29, 1.82) is 0 Å². The quantitative estimate of drug-likeness (QED) is 0.510. The minimum atomic E-state index is -0.482. The van der Waals surface area contributed by atoms with Crippen LogP contribution in [-0.4, -0.2) is 28.1 Å². The minimum Gasteiger partial charge on any atom is -0.357 e. The van der Waals surface area contributed by atoms with Crippen molar-refractivity contribution in [2.24, 2.45) is 0 Å². The Hall–Kier alpha value is -0.120. The molecule has 1 N–H and O–H groups in total. The Labute approximate surface area is 132 Å². The number of rotatable bonds is 11. The standard InChI is InChI=1S/C18H37NO2/c1-5-6-7-8-9-10-11-12-13-14-15-18(4)19(20)17(2,3)16-21-18/h20H,5-16H2,1-4H3. The van der Waals surface area contributed by atoms with E-state index in [2.05, 4.69) is 6.92 Å². The van der Waals surface area contributed by atoms with Gasteiger partial charge in [0.1, 0.15) is 5.72 Å². The SMILES string of the molecule is CCCCCCCCCCCCC1(C)OCC(C)(C)N1O. The van der Waals surface area contributed by atoms with Crippen molar-refractivity contribution in [2.45, 2.75) is 110 Å². The Morgan fingerprint density at radius 2 is 1.33 bits per heavy atom. The Balaban J connectivity index is 2.00. The zero-order valence-electron chi connectivity index (χ0n) is 14.8. The third-order valence-electron chi connectivity index (χ3n) is 4.75. The molecule has 0 amide bonds. The normalized spacial score (nSPS) is 25.6. The highest BCUT2D eigenvalue weighted by Crippen LogP contribution is 2.36. The van der Waals surface area contributed by atoms with Crippen LogP contribution >= 0.6 is 0 Å². The highest BCUT2D eigenvalue weighted by atomic mass is 16.6. The highest BCUT2D eigenvalue weighted by molar-refractivity contribution is 4.90. The summed E-state index contributed by atoms with van der Waals surface area (Å²) >= 11 is 0. The van der Waals surface area contributed by atoms with Gasteiger partial charge in [0.2, 0.25) is 0 Å². The molecule has 1 saturated heterocycles. The highest BCUT2D eigenvalue weighted by Gasteiger charge is 2.47. The summed E-state index contributed by atoms with van der Waals surface area (Å²) in [5.41, 5.74) is -0.739. The number of nitrogens with zero attached hydrogens (tertiary/aromatic N) is 1. The molecule has 1 aliphatic rings. The summed E-state index contributed by atoms with van der Waals surface area (Å²) in [7, 11) is 0. The molecule has 1 atom stereocenters. The van der Waals surface area contributed by atoms with Gasteiger partial charge in [-0.2, -0.15) is 5.06 Å². The molecule has 0 saturated carbocycles. The van der Waals surface area contributed by atoms with Gasteiger partial charge in [0.25, 0.3) is 0 Å². The number of hydroxylamine groups is 2. The van der Waals surface area contributed by atoms with Crippen LogP contribution in [0.15, 0.2) is 0 Å². The second kappa shape index (κ2) is 9.12. The molecule has 1 aliphatic heterocycles. The lowest BCUT2D eigenvalue weighted by molar-refractivity contribution is -0.244. The van der Waals surface area contributed by atoms with Gasteiger partial charge in [-0.15, -0.1) is 0 Å². The minimum absolute atomic E-state index is 0.257. The molecule has 1 rings (SSSR count). The van der Waals surface area contributed by atoms with E-state index >= 15 is 0 Å². The predicted molar refractivity (Wildman–Crippen MR) is 88.5 cm³/mol. The van der Waals surface area contributed by atoms with Gasteiger partial charge < -0.3 is 9.94 Å². The zero-order chi connectivity index (χ0) is 15.8. The molecular formula is C18H37NO2. The Kier molecular flexibility index (Phi) is 8.22. The summed E-state index contributed by atoms with van der Waals surface area (Å²) in [6.45, 7) is 8.93. The largest absolute Gasteiger partial charge is 0.357 e. The van der Waals surface area contributed by atoms with Crippen molar-refractivity contribution >= 4 is 0 Å². The van der Waals surface area contributed by atoms with Gasteiger partial charge >= 0.3 is 0 Å². The molecule has 3 nitrogen and oxygen atoms in total. The molecule has 126 valence electrons. The van der Waals surface area contributed by atoms with Crippen molar-refractivity contribution < 1.29 is 9.94 Å². The molecule has 3 heteroatoms. The first-order valence-electron chi connectivity index (χ1n) is 9.05. The van der Waals surface area contributed by atoms with E-state index in [9.17, 15) is 5.21 Å². The Morgan fingerprint density at radius 1 is 0.857 bits per heavy atom. The summed E-state index contributed by atoms with van der Waals surface area (Å²) in [5.74, 6) is 0. The number of unbranched alkanes of at least 4 members (excludes halogenated alkanes) is 9. The molecular weight excluding hydrogens is 262 g/mol. The molecule has 1 unspecified atom stereocenters. The van der Waals surface area contributed by atoms with Crippen molar-refractivity contribution in [3.63, 3.8) is 0 Å². The molecule has 0 aromatic rings. The topological polar surface area (TPSA) is 32.7 Å². The van der Waals surface area contributed by atoms with Crippen molar-refractivity contribution in [3.05, 3.63) is 0 Å². The zero-order valence-corrected chi connectivity index (χ0v) is 14.8. The van der Waals surface area contributed by atoms with Gasteiger partial charge in [0.15, 0.2) is 0 Å². The third kappa shape index (κ3) is 6.25. The molecule has 0 radical (unpaired) electrons. The van der Waals surface area contributed by atoms with Gasteiger partial charge in [-0.25, -0.2) is 0 Å². The summed E-state index contributed by atoms with van der Waals surface area (Å²) < 4.78 is 5.83. The van der Waals surface area contributed by atoms with Crippen LogP contribution in [-0.2, 0) is 4.74 Å². The summed E-state index contributed by atoms with van der Waals surface area (Å²) in [5, 5.41) is 11.7. The molecule has 0 spiro atoms. The van der Waals surface area contributed by atoms with Gasteiger partial charge in [-0.1, -0.05) is 64.7 Å². The maximum Gasteiger partial charge on any atom is 0.141 e. The molecule has 0 bridgehead atoms.